The summed E-state index contributed by atoms with van der Waals surface area (Å²) in [5, 5.41) is 25.3. The van der Waals surface area contributed by atoms with Gasteiger partial charge in [-0.05, 0) is 12.1 Å². The molecule has 142 valence electrons. The number of hydrogen-bond donors (Lipinski definition) is 3. The molecular formula is C22H13N3O4-2. The van der Waals surface area contributed by atoms with Crippen molar-refractivity contribution in [2.24, 2.45) is 0 Å². The van der Waals surface area contributed by atoms with Crippen molar-refractivity contribution >= 4 is 33.7 Å². The highest BCUT2D eigenvalue weighted by Gasteiger charge is 2.25. The molecule has 0 amide bonds. The smallest absolute Gasteiger partial charge is 0.0884 e. The minimum atomic E-state index is -1.50. The van der Waals surface area contributed by atoms with Crippen molar-refractivity contribution in [2.45, 2.75) is 0 Å². The second-order valence-electron chi connectivity index (χ2n) is 6.70. The lowest BCUT2D eigenvalue weighted by Gasteiger charge is -2.09. The lowest BCUT2D eigenvalue weighted by molar-refractivity contribution is -0.255. The number of carboxylic acid groups (broad SMARTS) is 2. The normalized spacial score (nSPS) is 11.3. The van der Waals surface area contributed by atoms with Gasteiger partial charge in [-0.25, -0.2) is 0 Å². The minimum absolute atomic E-state index is 0.242. The van der Waals surface area contributed by atoms with Crippen LogP contribution in [0.5, 0.6) is 0 Å². The van der Waals surface area contributed by atoms with E-state index in [-0.39, 0.29) is 22.5 Å². The number of hydrogen-bond acceptors (Lipinski definition) is 4. The van der Waals surface area contributed by atoms with Crippen LogP contribution in [0, 0.1) is 0 Å². The van der Waals surface area contributed by atoms with Crippen molar-refractivity contribution in [2.75, 3.05) is 0 Å². The average Bonchev–Trinajstić information content (AvgIpc) is 3.41. The van der Waals surface area contributed by atoms with Crippen LogP contribution >= 0.6 is 0 Å². The lowest BCUT2D eigenvalue weighted by Crippen LogP contribution is -2.25. The van der Waals surface area contributed by atoms with Crippen LogP contribution in [-0.4, -0.2) is 26.9 Å². The van der Waals surface area contributed by atoms with E-state index in [1.807, 2.05) is 48.5 Å². The number of aromatic carboxylic acids is 2. The third-order valence-corrected chi connectivity index (χ3v) is 5.13. The molecule has 2 aromatic carbocycles. The number of para-hydroxylation sites is 2. The van der Waals surface area contributed by atoms with Gasteiger partial charge in [0.2, 0.25) is 0 Å². The van der Waals surface area contributed by atoms with Crippen molar-refractivity contribution in [1.29, 1.82) is 0 Å². The summed E-state index contributed by atoms with van der Waals surface area (Å²) < 4.78 is 0. The maximum Gasteiger partial charge on any atom is 0.0884 e. The van der Waals surface area contributed by atoms with E-state index in [1.165, 1.54) is 0 Å². The van der Waals surface area contributed by atoms with Crippen LogP contribution in [0.3, 0.4) is 0 Å². The van der Waals surface area contributed by atoms with Gasteiger partial charge in [0, 0.05) is 56.5 Å². The molecule has 0 spiro atoms. The van der Waals surface area contributed by atoms with Crippen LogP contribution in [0.1, 0.15) is 21.0 Å². The van der Waals surface area contributed by atoms with Gasteiger partial charge in [0.1, 0.15) is 0 Å². The highest BCUT2D eigenvalue weighted by molar-refractivity contribution is 6.14. The molecule has 0 unspecified atom stereocenters. The number of benzene rings is 2. The zero-order chi connectivity index (χ0) is 20.1. The molecule has 0 bridgehead atoms. The van der Waals surface area contributed by atoms with Gasteiger partial charge in [0.05, 0.1) is 23.3 Å². The molecule has 0 aliphatic heterocycles. The number of fused-ring (bicyclic) bond motifs is 2. The Bertz CT molecular complexity index is 1310. The van der Waals surface area contributed by atoms with E-state index in [2.05, 4.69) is 15.0 Å². The molecule has 3 N–H and O–H groups in total. The summed E-state index contributed by atoms with van der Waals surface area (Å²) >= 11 is 0. The quantitative estimate of drug-likeness (QED) is 0.439. The molecule has 0 atom stereocenters. The van der Waals surface area contributed by atoms with Crippen molar-refractivity contribution in [3.63, 3.8) is 0 Å². The van der Waals surface area contributed by atoms with Gasteiger partial charge in [-0.15, -0.1) is 0 Å². The Morgan fingerprint density at radius 1 is 0.655 bits per heavy atom. The fourth-order valence-electron chi connectivity index (χ4n) is 3.90. The highest BCUT2D eigenvalue weighted by atomic mass is 16.4. The number of aromatic nitrogens is 3. The molecule has 3 heterocycles. The Labute approximate surface area is 163 Å². The Morgan fingerprint density at radius 2 is 1.07 bits per heavy atom. The van der Waals surface area contributed by atoms with Crippen LogP contribution < -0.4 is 10.2 Å². The van der Waals surface area contributed by atoms with Crippen LogP contribution in [0.15, 0.2) is 60.9 Å². The molecule has 7 nitrogen and oxygen atoms in total. The standard InChI is InChI=1S/C22H15N3O4/c26-21(27)19-17(13-9-23-15-7-3-1-5-11(13)15)18(20(25-19)22(28)29)14-10-24-16-8-4-2-6-12(14)16/h1-10,23-25H,(H,26,27)(H,28,29)/p-2. The lowest BCUT2D eigenvalue weighted by atomic mass is 9.94. The molecule has 0 aliphatic rings. The van der Waals surface area contributed by atoms with E-state index in [1.54, 1.807) is 12.4 Å². The second-order valence-corrected chi connectivity index (χ2v) is 6.70. The van der Waals surface area contributed by atoms with Gasteiger partial charge in [0.25, 0.3) is 0 Å². The second kappa shape index (κ2) is 6.13. The fraction of sp³-hybridized carbons (Fsp3) is 0. The average molecular weight is 383 g/mol. The van der Waals surface area contributed by atoms with Crippen molar-refractivity contribution in [1.82, 2.24) is 15.0 Å². The third kappa shape index (κ3) is 2.45. The first-order chi connectivity index (χ1) is 14.1. The molecule has 29 heavy (non-hydrogen) atoms. The van der Waals surface area contributed by atoms with E-state index < -0.39 is 11.9 Å². The molecule has 0 saturated heterocycles. The van der Waals surface area contributed by atoms with E-state index in [0.29, 0.717) is 11.1 Å². The molecule has 5 aromatic rings. The Kier molecular flexibility index (Phi) is 3.57. The fourth-order valence-corrected chi connectivity index (χ4v) is 3.90. The Hall–Kier alpha value is -4.26. The molecule has 0 saturated carbocycles. The van der Waals surface area contributed by atoms with E-state index in [0.717, 1.165) is 21.8 Å². The summed E-state index contributed by atoms with van der Waals surface area (Å²) in [6.45, 7) is 0. The summed E-state index contributed by atoms with van der Waals surface area (Å²) in [6.07, 6.45) is 3.33. The zero-order valence-corrected chi connectivity index (χ0v) is 14.9. The largest absolute Gasteiger partial charge is 0.543 e. The summed E-state index contributed by atoms with van der Waals surface area (Å²) in [7, 11) is 0. The Balaban J connectivity index is 1.94. The molecule has 0 fully saturated rings. The minimum Gasteiger partial charge on any atom is -0.543 e. The number of nitrogens with one attached hydrogen (secondary N) is 3. The van der Waals surface area contributed by atoms with E-state index >= 15 is 0 Å². The summed E-state index contributed by atoms with van der Waals surface area (Å²) in [5.74, 6) is -3.00. The monoisotopic (exact) mass is 383 g/mol. The highest BCUT2D eigenvalue weighted by Crippen LogP contribution is 2.43. The molecule has 3 aromatic heterocycles. The van der Waals surface area contributed by atoms with Gasteiger partial charge < -0.3 is 34.8 Å². The maximum absolute atomic E-state index is 11.9. The van der Waals surface area contributed by atoms with Crippen LogP contribution in [0.25, 0.3) is 44.1 Å². The summed E-state index contributed by atoms with van der Waals surface area (Å²) in [4.78, 5) is 32.5. The number of rotatable bonds is 4. The zero-order valence-electron chi connectivity index (χ0n) is 14.9. The van der Waals surface area contributed by atoms with Crippen LogP contribution in [0.2, 0.25) is 0 Å². The Morgan fingerprint density at radius 3 is 1.48 bits per heavy atom. The molecular weight excluding hydrogens is 370 g/mol. The molecule has 0 aliphatic carbocycles. The summed E-state index contributed by atoms with van der Waals surface area (Å²) in [5.41, 5.74) is 2.58. The van der Waals surface area contributed by atoms with Crippen LogP contribution in [0.4, 0.5) is 0 Å². The molecule has 7 heteroatoms. The summed E-state index contributed by atoms with van der Waals surface area (Å²) in [6, 6.07) is 14.8. The van der Waals surface area contributed by atoms with Gasteiger partial charge in [-0.1, -0.05) is 36.4 Å². The van der Waals surface area contributed by atoms with Gasteiger partial charge >= 0.3 is 0 Å². The predicted octanol–water partition coefficient (Wildman–Crippen LogP) is 2.04. The molecule has 5 rings (SSSR count). The maximum atomic E-state index is 11.9. The van der Waals surface area contributed by atoms with Gasteiger partial charge in [0.15, 0.2) is 0 Å². The SMILES string of the molecule is O=C([O-])c1[nH]c(C(=O)[O-])c(-c2c[nH]c3ccccc23)c1-c1c[nH]c2ccccc12. The first-order valence-corrected chi connectivity index (χ1v) is 8.88. The van der Waals surface area contributed by atoms with E-state index in [9.17, 15) is 19.8 Å². The van der Waals surface area contributed by atoms with Crippen molar-refractivity contribution in [3.05, 3.63) is 72.3 Å². The van der Waals surface area contributed by atoms with Crippen molar-refractivity contribution in [3.8, 4) is 22.3 Å². The van der Waals surface area contributed by atoms with Gasteiger partial charge in [-0.2, -0.15) is 0 Å². The number of carboxylic acids is 2. The number of carbonyl (C=O) groups excluding carboxylic acids is 2. The topological polar surface area (TPSA) is 128 Å². The van der Waals surface area contributed by atoms with E-state index in [4.69, 9.17) is 0 Å². The number of aromatic amines is 3. The number of H-pyrrole nitrogens is 3. The van der Waals surface area contributed by atoms with Gasteiger partial charge in [-0.3, -0.25) is 0 Å². The van der Waals surface area contributed by atoms with Crippen molar-refractivity contribution < 1.29 is 19.8 Å². The third-order valence-electron chi connectivity index (χ3n) is 5.13. The molecule has 0 radical (unpaired) electrons. The predicted molar refractivity (Wildman–Crippen MR) is 104 cm³/mol. The number of carbonyl (C=O) groups is 2. The first-order valence-electron chi connectivity index (χ1n) is 8.88. The van der Waals surface area contributed by atoms with Crippen LogP contribution in [-0.2, 0) is 0 Å². The first kappa shape index (κ1) is 16.9.